The van der Waals surface area contributed by atoms with Crippen molar-refractivity contribution in [3.05, 3.63) is 29.3 Å². The molecule has 1 rings (SSSR count). The minimum absolute atomic E-state index is 0.417. The van der Waals surface area contributed by atoms with E-state index in [1.807, 2.05) is 39.1 Å². The second-order valence-electron chi connectivity index (χ2n) is 3.84. The normalized spacial score (nSPS) is 9.05. The summed E-state index contributed by atoms with van der Waals surface area (Å²) >= 11 is 0. The van der Waals surface area contributed by atoms with Crippen LogP contribution >= 0.6 is 0 Å². The van der Waals surface area contributed by atoms with E-state index in [4.69, 9.17) is 4.79 Å². The van der Waals surface area contributed by atoms with E-state index in [9.17, 15) is 13.6 Å². The number of rotatable bonds is 4. The van der Waals surface area contributed by atoms with Gasteiger partial charge in [-0.1, -0.05) is 33.8 Å². The van der Waals surface area contributed by atoms with Crippen LogP contribution in [0.3, 0.4) is 0 Å². The molecule has 0 aromatic heterocycles. The maximum absolute atomic E-state index is 10.7. The molecule has 5 heteroatoms. The van der Waals surface area contributed by atoms with Gasteiger partial charge < -0.3 is 5.32 Å². The third kappa shape index (κ3) is 8.34. The van der Waals surface area contributed by atoms with Crippen LogP contribution in [0.4, 0.5) is 14.5 Å². The first kappa shape index (κ1) is 20.5. The summed E-state index contributed by atoms with van der Waals surface area (Å²) in [7, 11) is 1.82. The highest BCUT2D eigenvalue weighted by molar-refractivity contribution is 5.84. The molecule has 1 aromatic rings. The van der Waals surface area contributed by atoms with Gasteiger partial charge in [-0.3, -0.25) is 9.59 Å². The van der Waals surface area contributed by atoms with Crippen molar-refractivity contribution in [3.8, 4) is 0 Å². The number of alkyl halides is 2. The van der Waals surface area contributed by atoms with E-state index in [-0.39, 0.29) is 0 Å². The number of anilines is 1. The molecule has 20 heavy (non-hydrogen) atoms. The number of carbonyl (C=O) groups is 2. The van der Waals surface area contributed by atoms with Crippen molar-refractivity contribution in [2.75, 3.05) is 12.4 Å². The van der Waals surface area contributed by atoms with Crippen molar-refractivity contribution in [2.24, 2.45) is 0 Å². The zero-order valence-corrected chi connectivity index (χ0v) is 12.6. The molecule has 1 aromatic carbocycles. The average Bonchev–Trinajstić information content (AvgIpc) is 2.48. The molecule has 0 aliphatic heterocycles. The summed E-state index contributed by atoms with van der Waals surface area (Å²) in [6, 6.07) is 5.92. The first-order chi connectivity index (χ1) is 9.46. The number of benzene rings is 1. The Morgan fingerprint density at radius 1 is 1.15 bits per heavy atom. The van der Waals surface area contributed by atoms with Gasteiger partial charge in [0.1, 0.15) is 0 Å². The number of hydrogen-bond acceptors (Lipinski definition) is 3. The van der Waals surface area contributed by atoms with Crippen LogP contribution in [0.5, 0.6) is 0 Å². The molecule has 0 aliphatic carbocycles. The Kier molecular flexibility index (Phi) is 12.6. The van der Waals surface area contributed by atoms with E-state index < -0.39 is 12.7 Å². The lowest BCUT2D eigenvalue weighted by Crippen LogP contribution is -1.96. The fourth-order valence-electron chi connectivity index (χ4n) is 1.27. The van der Waals surface area contributed by atoms with Gasteiger partial charge in [0.15, 0.2) is 12.6 Å². The summed E-state index contributed by atoms with van der Waals surface area (Å²) in [4.78, 5) is 19.5. The fourth-order valence-corrected chi connectivity index (χ4v) is 1.27. The predicted octanol–water partition coefficient (Wildman–Crippen LogP) is 4.14. The van der Waals surface area contributed by atoms with Crippen LogP contribution in [0.1, 0.15) is 49.5 Å². The van der Waals surface area contributed by atoms with E-state index in [0.29, 0.717) is 5.92 Å². The Morgan fingerprint density at radius 2 is 1.65 bits per heavy atom. The summed E-state index contributed by atoms with van der Waals surface area (Å²) in [5.41, 5.74) is 2.81. The third-order valence-electron chi connectivity index (χ3n) is 2.24. The van der Waals surface area contributed by atoms with Crippen LogP contribution in [-0.2, 0) is 4.79 Å². The Hall–Kier alpha value is -1.78. The van der Waals surface area contributed by atoms with Crippen molar-refractivity contribution in [3.63, 3.8) is 0 Å². The maximum Gasteiger partial charge on any atom is 0.293 e. The summed E-state index contributed by atoms with van der Waals surface area (Å²) < 4.78 is 20.8. The Labute approximate surface area is 119 Å². The summed E-state index contributed by atoms with van der Waals surface area (Å²) in [5.74, 6) is 0.463. The van der Waals surface area contributed by atoms with Gasteiger partial charge in [0.05, 0.1) is 0 Å². The Balaban J connectivity index is 0. The van der Waals surface area contributed by atoms with Crippen molar-refractivity contribution in [2.45, 2.75) is 40.0 Å². The Bertz CT molecular complexity index is 393. The second kappa shape index (κ2) is 12.3. The number of halogens is 2. The molecule has 0 saturated heterocycles. The number of carbonyl (C=O) groups excluding carboxylic acids is 2. The molecule has 3 nitrogen and oxygen atoms in total. The lowest BCUT2D eigenvalue weighted by molar-refractivity contribution is -0.116. The van der Waals surface area contributed by atoms with Gasteiger partial charge in [-0.25, -0.2) is 8.78 Å². The van der Waals surface area contributed by atoms with Crippen molar-refractivity contribution in [1.82, 2.24) is 0 Å². The fraction of sp³-hybridized carbons (Fsp3) is 0.467. The van der Waals surface area contributed by atoms with Gasteiger partial charge in [-0.2, -0.15) is 0 Å². The Morgan fingerprint density at radius 3 is 1.95 bits per heavy atom. The highest BCUT2D eigenvalue weighted by Gasteiger charge is 2.03. The monoisotopic (exact) mass is 287 g/mol. The minimum Gasteiger partial charge on any atom is -0.388 e. The predicted molar refractivity (Wildman–Crippen MR) is 78.9 cm³/mol. The van der Waals surface area contributed by atoms with Crippen molar-refractivity contribution in [1.29, 1.82) is 0 Å². The van der Waals surface area contributed by atoms with Gasteiger partial charge in [-0.15, -0.1) is 0 Å². The highest BCUT2D eigenvalue weighted by atomic mass is 19.3. The molecule has 0 radical (unpaired) electrons. The zero-order valence-electron chi connectivity index (χ0n) is 12.6. The second-order valence-corrected chi connectivity index (χ2v) is 3.84. The minimum atomic E-state index is -2.80. The molecule has 0 amide bonds. The van der Waals surface area contributed by atoms with Crippen LogP contribution in [0, 0.1) is 0 Å². The first-order valence-corrected chi connectivity index (χ1v) is 6.46. The van der Waals surface area contributed by atoms with Crippen LogP contribution in [0.15, 0.2) is 18.2 Å². The van der Waals surface area contributed by atoms with Gasteiger partial charge in [0.25, 0.3) is 6.43 Å². The average molecular weight is 287 g/mol. The van der Waals surface area contributed by atoms with Crippen molar-refractivity contribution >= 4 is 18.3 Å². The van der Waals surface area contributed by atoms with Crippen LogP contribution in [0.25, 0.3) is 0 Å². The molecule has 0 unspecified atom stereocenters. The maximum atomic E-state index is 10.7. The van der Waals surface area contributed by atoms with E-state index in [1.54, 1.807) is 0 Å². The van der Waals surface area contributed by atoms with Gasteiger partial charge >= 0.3 is 0 Å². The lowest BCUT2D eigenvalue weighted by atomic mass is 10.0. The molecule has 0 heterocycles. The standard InChI is InChI=1S/C11H15NO.C2H2F2O.C2H6/c1-8(2)9-4-5-11(12-3)10(6-9)7-13;3-2(4)1-5;1-2/h4-8,12H,1-3H3;1-2H;1-2H3. The molecule has 0 atom stereocenters. The molecule has 0 spiro atoms. The molecule has 0 saturated carbocycles. The summed E-state index contributed by atoms with van der Waals surface area (Å²) in [6.45, 7) is 8.23. The van der Waals surface area contributed by atoms with Crippen LogP contribution in [-0.4, -0.2) is 26.0 Å². The molecule has 0 fully saturated rings. The van der Waals surface area contributed by atoms with Crippen molar-refractivity contribution < 1.29 is 18.4 Å². The quantitative estimate of drug-likeness (QED) is 0.846. The number of hydrogen-bond donors (Lipinski definition) is 1. The van der Waals surface area contributed by atoms with E-state index in [0.717, 1.165) is 17.5 Å². The molecule has 1 N–H and O–H groups in total. The molecular weight excluding hydrogens is 264 g/mol. The van der Waals surface area contributed by atoms with Crippen LogP contribution < -0.4 is 5.32 Å². The zero-order chi connectivity index (χ0) is 16.1. The molecular formula is C15H23F2NO2. The topological polar surface area (TPSA) is 46.2 Å². The molecule has 0 bridgehead atoms. The molecule has 0 aliphatic rings. The molecule has 114 valence electrons. The summed E-state index contributed by atoms with van der Waals surface area (Å²) in [6.07, 6.45) is -2.33. The highest BCUT2D eigenvalue weighted by Crippen LogP contribution is 2.20. The van der Waals surface area contributed by atoms with Gasteiger partial charge in [-0.05, 0) is 23.6 Å². The van der Waals surface area contributed by atoms with E-state index in [1.165, 1.54) is 5.56 Å². The largest absolute Gasteiger partial charge is 0.388 e. The SMILES string of the molecule is CC.CNc1ccc(C(C)C)cc1C=O.O=CC(F)F. The van der Waals surface area contributed by atoms with Crippen LogP contribution in [0.2, 0.25) is 0 Å². The summed E-state index contributed by atoms with van der Waals surface area (Å²) in [5, 5.41) is 2.98. The first-order valence-electron chi connectivity index (χ1n) is 6.46. The lowest BCUT2D eigenvalue weighted by Gasteiger charge is -2.09. The van der Waals surface area contributed by atoms with E-state index in [2.05, 4.69) is 19.2 Å². The third-order valence-corrected chi connectivity index (χ3v) is 2.24. The smallest absolute Gasteiger partial charge is 0.293 e. The number of aldehydes is 2. The van der Waals surface area contributed by atoms with Gasteiger partial charge in [0.2, 0.25) is 0 Å². The van der Waals surface area contributed by atoms with Gasteiger partial charge in [0, 0.05) is 18.3 Å². The number of nitrogens with one attached hydrogen (secondary N) is 1. The van der Waals surface area contributed by atoms with E-state index >= 15 is 0 Å².